The fourth-order valence-electron chi connectivity index (χ4n) is 1.68. The van der Waals surface area contributed by atoms with Crippen molar-refractivity contribution in [1.29, 1.82) is 0 Å². The largest absolute Gasteiger partial charge is 0.354 e. The molecule has 3 N–H and O–H groups in total. The maximum atomic E-state index is 11.9. The Balaban J connectivity index is 2.53. The number of amides is 2. The molecule has 0 aromatic carbocycles. The van der Waals surface area contributed by atoms with Crippen LogP contribution >= 0.6 is 0 Å². The lowest BCUT2D eigenvalue weighted by molar-refractivity contribution is -0.138. The van der Waals surface area contributed by atoms with Crippen LogP contribution in [0.2, 0.25) is 0 Å². The van der Waals surface area contributed by atoms with Crippen molar-refractivity contribution < 1.29 is 9.59 Å². The van der Waals surface area contributed by atoms with Gasteiger partial charge in [-0.15, -0.1) is 0 Å². The second kappa shape index (κ2) is 5.70. The number of carbonyl (C=O) groups is 2. The molecule has 5 heteroatoms. The summed E-state index contributed by atoms with van der Waals surface area (Å²) in [7, 11) is 0. The molecule has 0 aromatic rings. The molecular formula is C10H19N3O2. The lowest BCUT2D eigenvalue weighted by Crippen LogP contribution is -2.40. The van der Waals surface area contributed by atoms with Gasteiger partial charge in [0, 0.05) is 19.0 Å². The molecule has 2 amide bonds. The van der Waals surface area contributed by atoms with Crippen LogP contribution in [0.1, 0.15) is 19.8 Å². The minimum Gasteiger partial charge on any atom is -0.354 e. The van der Waals surface area contributed by atoms with Crippen molar-refractivity contribution in [3.8, 4) is 0 Å². The van der Waals surface area contributed by atoms with Crippen molar-refractivity contribution in [3.05, 3.63) is 0 Å². The smallest absolute Gasteiger partial charge is 0.239 e. The molecule has 1 saturated heterocycles. The molecule has 0 spiro atoms. The van der Waals surface area contributed by atoms with Gasteiger partial charge < -0.3 is 16.0 Å². The lowest BCUT2D eigenvalue weighted by atomic mass is 10.1. The second-order valence-corrected chi connectivity index (χ2v) is 3.94. The maximum Gasteiger partial charge on any atom is 0.239 e. The maximum absolute atomic E-state index is 11.9. The summed E-state index contributed by atoms with van der Waals surface area (Å²) in [5, 5.41) is 2.74. The molecule has 1 aliphatic rings. The summed E-state index contributed by atoms with van der Waals surface area (Å²) in [6, 6.07) is 0. The van der Waals surface area contributed by atoms with Crippen LogP contribution in [-0.4, -0.2) is 42.9 Å². The van der Waals surface area contributed by atoms with Gasteiger partial charge in [0.05, 0.1) is 6.54 Å². The Morgan fingerprint density at radius 3 is 3.07 bits per heavy atom. The molecule has 0 bridgehead atoms. The van der Waals surface area contributed by atoms with Gasteiger partial charge in [-0.05, 0) is 19.4 Å². The Morgan fingerprint density at radius 1 is 1.67 bits per heavy atom. The summed E-state index contributed by atoms with van der Waals surface area (Å²) in [4.78, 5) is 24.8. The van der Waals surface area contributed by atoms with E-state index in [-0.39, 0.29) is 24.3 Å². The standard InChI is InChI=1S/C10H19N3O2/c1-8(3-4-11)10(15)13-6-2-5-12-9(14)7-13/h8H,2-7,11H2,1H3,(H,12,14). The minimum atomic E-state index is -0.0825. The summed E-state index contributed by atoms with van der Waals surface area (Å²) in [5.74, 6) is -0.112. The Bertz CT molecular complexity index is 243. The lowest BCUT2D eigenvalue weighted by Gasteiger charge is -2.22. The Hall–Kier alpha value is -1.10. The van der Waals surface area contributed by atoms with E-state index in [1.807, 2.05) is 6.92 Å². The summed E-state index contributed by atoms with van der Waals surface area (Å²) in [6.45, 7) is 3.87. The molecule has 5 nitrogen and oxygen atoms in total. The van der Waals surface area contributed by atoms with Crippen molar-refractivity contribution in [2.24, 2.45) is 11.7 Å². The number of rotatable bonds is 3. The number of nitrogens with zero attached hydrogens (tertiary/aromatic N) is 1. The van der Waals surface area contributed by atoms with Crippen LogP contribution in [0.15, 0.2) is 0 Å². The van der Waals surface area contributed by atoms with Gasteiger partial charge in [0.25, 0.3) is 0 Å². The third-order valence-electron chi connectivity index (χ3n) is 2.59. The van der Waals surface area contributed by atoms with E-state index < -0.39 is 0 Å². The van der Waals surface area contributed by atoms with Gasteiger partial charge in [0.2, 0.25) is 11.8 Å². The van der Waals surface area contributed by atoms with Crippen molar-refractivity contribution in [1.82, 2.24) is 10.2 Å². The third kappa shape index (κ3) is 3.51. The summed E-state index contributed by atoms with van der Waals surface area (Å²) in [5.41, 5.74) is 5.40. The van der Waals surface area contributed by atoms with E-state index in [0.717, 1.165) is 6.42 Å². The molecule has 0 aromatic heterocycles. The van der Waals surface area contributed by atoms with Gasteiger partial charge >= 0.3 is 0 Å². The molecule has 1 unspecified atom stereocenters. The first-order valence-electron chi connectivity index (χ1n) is 5.40. The van der Waals surface area contributed by atoms with Crippen molar-refractivity contribution >= 4 is 11.8 Å². The van der Waals surface area contributed by atoms with E-state index in [2.05, 4.69) is 5.32 Å². The van der Waals surface area contributed by atoms with Crippen LogP contribution in [-0.2, 0) is 9.59 Å². The van der Waals surface area contributed by atoms with Crippen molar-refractivity contribution in [3.63, 3.8) is 0 Å². The average Bonchev–Trinajstić information content (AvgIpc) is 2.42. The summed E-state index contributed by atoms with van der Waals surface area (Å²) >= 11 is 0. The molecule has 1 fully saturated rings. The Labute approximate surface area is 90.0 Å². The molecule has 86 valence electrons. The molecule has 0 saturated carbocycles. The normalized spacial score (nSPS) is 19.3. The van der Waals surface area contributed by atoms with E-state index in [1.165, 1.54) is 0 Å². The van der Waals surface area contributed by atoms with Crippen LogP contribution < -0.4 is 11.1 Å². The van der Waals surface area contributed by atoms with Crippen LogP contribution in [0.4, 0.5) is 0 Å². The molecule has 1 heterocycles. The number of hydrogen-bond acceptors (Lipinski definition) is 3. The average molecular weight is 213 g/mol. The monoisotopic (exact) mass is 213 g/mol. The highest BCUT2D eigenvalue weighted by molar-refractivity contribution is 5.86. The van der Waals surface area contributed by atoms with Crippen molar-refractivity contribution in [2.75, 3.05) is 26.2 Å². The molecule has 1 aliphatic heterocycles. The predicted octanol–water partition coefficient (Wildman–Crippen LogP) is -0.680. The highest BCUT2D eigenvalue weighted by Gasteiger charge is 2.23. The number of nitrogens with one attached hydrogen (secondary N) is 1. The Morgan fingerprint density at radius 2 is 2.40 bits per heavy atom. The van der Waals surface area contributed by atoms with E-state index in [1.54, 1.807) is 4.90 Å². The van der Waals surface area contributed by atoms with Crippen LogP contribution in [0, 0.1) is 5.92 Å². The van der Waals surface area contributed by atoms with E-state index in [9.17, 15) is 9.59 Å². The van der Waals surface area contributed by atoms with Crippen molar-refractivity contribution in [2.45, 2.75) is 19.8 Å². The highest BCUT2D eigenvalue weighted by Crippen LogP contribution is 2.08. The molecule has 15 heavy (non-hydrogen) atoms. The van der Waals surface area contributed by atoms with E-state index in [4.69, 9.17) is 5.73 Å². The van der Waals surface area contributed by atoms with Crippen LogP contribution in [0.5, 0.6) is 0 Å². The fourth-order valence-corrected chi connectivity index (χ4v) is 1.68. The molecule has 0 aliphatic carbocycles. The number of hydrogen-bond donors (Lipinski definition) is 2. The molecular weight excluding hydrogens is 194 g/mol. The molecule has 0 radical (unpaired) electrons. The van der Waals surface area contributed by atoms with Gasteiger partial charge in [-0.25, -0.2) is 0 Å². The predicted molar refractivity (Wildman–Crippen MR) is 57.0 cm³/mol. The zero-order valence-corrected chi connectivity index (χ0v) is 9.16. The summed E-state index contributed by atoms with van der Waals surface area (Å²) < 4.78 is 0. The number of nitrogens with two attached hydrogens (primary N) is 1. The first-order valence-corrected chi connectivity index (χ1v) is 5.40. The van der Waals surface area contributed by atoms with Gasteiger partial charge in [0.1, 0.15) is 0 Å². The summed E-state index contributed by atoms with van der Waals surface area (Å²) in [6.07, 6.45) is 1.50. The van der Waals surface area contributed by atoms with Gasteiger partial charge in [0.15, 0.2) is 0 Å². The third-order valence-corrected chi connectivity index (χ3v) is 2.59. The van der Waals surface area contributed by atoms with Gasteiger partial charge in [-0.1, -0.05) is 6.92 Å². The van der Waals surface area contributed by atoms with E-state index in [0.29, 0.717) is 26.1 Å². The van der Waals surface area contributed by atoms with Gasteiger partial charge in [-0.2, -0.15) is 0 Å². The first kappa shape index (κ1) is 12.0. The number of carbonyl (C=O) groups excluding carboxylic acids is 2. The molecule has 1 atom stereocenters. The SMILES string of the molecule is CC(CCN)C(=O)N1CCCNC(=O)C1. The highest BCUT2D eigenvalue weighted by atomic mass is 16.2. The minimum absolute atomic E-state index is 0.0394. The molecule has 1 rings (SSSR count). The zero-order valence-electron chi connectivity index (χ0n) is 9.16. The first-order chi connectivity index (χ1) is 7.15. The fraction of sp³-hybridized carbons (Fsp3) is 0.800. The Kier molecular flexibility index (Phi) is 4.55. The topological polar surface area (TPSA) is 75.4 Å². The van der Waals surface area contributed by atoms with Crippen LogP contribution in [0.3, 0.4) is 0 Å². The second-order valence-electron chi connectivity index (χ2n) is 3.94. The van der Waals surface area contributed by atoms with E-state index >= 15 is 0 Å². The zero-order chi connectivity index (χ0) is 11.3. The quantitative estimate of drug-likeness (QED) is 0.652. The van der Waals surface area contributed by atoms with Gasteiger partial charge in [-0.3, -0.25) is 9.59 Å². The van der Waals surface area contributed by atoms with Crippen LogP contribution in [0.25, 0.3) is 0 Å².